The number of hydrogen-bond donors (Lipinski definition) is 1. The standard InChI is InChI=1S/C11H13BrN2O2/c1-14(2)11(12)7-3-4-9-8(5-7)13-10(15)6-16-9/h3-5,11H,6H2,1-2H3,(H,13,15). The number of nitrogens with zero attached hydrogens (tertiary/aromatic N) is 1. The molecule has 1 N–H and O–H groups in total. The second kappa shape index (κ2) is 4.43. The molecule has 4 nitrogen and oxygen atoms in total. The third-order valence-corrected chi connectivity index (χ3v) is 3.71. The molecule has 0 spiro atoms. The zero-order chi connectivity index (χ0) is 11.7. The van der Waals surface area contributed by atoms with Crippen molar-refractivity contribution in [3.8, 4) is 5.75 Å². The first-order chi connectivity index (χ1) is 7.58. The van der Waals surface area contributed by atoms with Crippen LogP contribution in [0.1, 0.15) is 10.5 Å². The van der Waals surface area contributed by atoms with Crippen molar-refractivity contribution < 1.29 is 9.53 Å². The molecular formula is C11H13BrN2O2. The largest absolute Gasteiger partial charge is 0.482 e. The van der Waals surface area contributed by atoms with Gasteiger partial charge < -0.3 is 10.1 Å². The summed E-state index contributed by atoms with van der Waals surface area (Å²) >= 11 is 3.57. The highest BCUT2D eigenvalue weighted by Gasteiger charge is 2.18. The van der Waals surface area contributed by atoms with E-state index in [2.05, 4.69) is 21.2 Å². The minimum atomic E-state index is -0.111. The lowest BCUT2D eigenvalue weighted by atomic mass is 10.1. The van der Waals surface area contributed by atoms with Crippen LogP contribution in [0.5, 0.6) is 5.75 Å². The number of ether oxygens (including phenoxy) is 1. The highest BCUT2D eigenvalue weighted by Crippen LogP contribution is 2.33. The van der Waals surface area contributed by atoms with Crippen LogP contribution in [0.15, 0.2) is 18.2 Å². The number of fused-ring (bicyclic) bond motifs is 1. The van der Waals surface area contributed by atoms with E-state index < -0.39 is 0 Å². The highest BCUT2D eigenvalue weighted by atomic mass is 79.9. The molecule has 0 bridgehead atoms. The molecule has 1 heterocycles. The molecule has 1 aromatic carbocycles. The SMILES string of the molecule is CN(C)C(Br)c1ccc2c(c1)NC(=O)CO2. The lowest BCUT2D eigenvalue weighted by molar-refractivity contribution is -0.118. The second-order valence-corrected chi connectivity index (χ2v) is 4.76. The van der Waals surface area contributed by atoms with Gasteiger partial charge in [-0.2, -0.15) is 0 Å². The predicted molar refractivity (Wildman–Crippen MR) is 65.9 cm³/mol. The van der Waals surface area contributed by atoms with E-state index in [-0.39, 0.29) is 17.5 Å². The molecular weight excluding hydrogens is 272 g/mol. The van der Waals surface area contributed by atoms with Gasteiger partial charge in [-0.3, -0.25) is 9.69 Å². The third kappa shape index (κ3) is 2.20. The molecule has 86 valence electrons. The maximum absolute atomic E-state index is 11.2. The van der Waals surface area contributed by atoms with E-state index in [9.17, 15) is 4.79 Å². The minimum absolute atomic E-state index is 0.0950. The van der Waals surface area contributed by atoms with Crippen LogP contribution in [0.25, 0.3) is 0 Å². The molecule has 1 unspecified atom stereocenters. The summed E-state index contributed by atoms with van der Waals surface area (Å²) in [4.78, 5) is 13.3. The molecule has 5 heteroatoms. The fourth-order valence-corrected chi connectivity index (χ4v) is 1.83. The number of halogens is 1. The topological polar surface area (TPSA) is 41.6 Å². The molecule has 1 aliphatic rings. The van der Waals surface area contributed by atoms with Crippen molar-refractivity contribution in [3.05, 3.63) is 23.8 Å². The van der Waals surface area contributed by atoms with E-state index in [1.54, 1.807) is 0 Å². The normalized spacial score (nSPS) is 16.4. The van der Waals surface area contributed by atoms with Crippen LogP contribution < -0.4 is 10.1 Å². The lowest BCUT2D eigenvalue weighted by Crippen LogP contribution is -2.25. The first-order valence-corrected chi connectivity index (χ1v) is 5.86. The Morgan fingerprint density at radius 2 is 2.25 bits per heavy atom. The molecule has 0 saturated carbocycles. The fraction of sp³-hybridized carbons (Fsp3) is 0.364. The lowest BCUT2D eigenvalue weighted by Gasteiger charge is -2.22. The van der Waals surface area contributed by atoms with Crippen LogP contribution in [0.4, 0.5) is 5.69 Å². The van der Waals surface area contributed by atoms with Gasteiger partial charge in [0.2, 0.25) is 0 Å². The monoisotopic (exact) mass is 284 g/mol. The molecule has 0 aliphatic carbocycles. The quantitative estimate of drug-likeness (QED) is 0.667. The molecule has 0 saturated heterocycles. The van der Waals surface area contributed by atoms with Gasteiger partial charge in [0.05, 0.1) is 10.6 Å². The predicted octanol–water partition coefficient (Wildman–Crippen LogP) is 1.97. The number of rotatable bonds is 2. The molecule has 1 aromatic rings. The maximum atomic E-state index is 11.2. The summed E-state index contributed by atoms with van der Waals surface area (Å²) in [5, 5.41) is 2.79. The molecule has 1 amide bonds. The Hall–Kier alpha value is -1.07. The van der Waals surface area contributed by atoms with Gasteiger partial charge in [0.1, 0.15) is 5.75 Å². The summed E-state index contributed by atoms with van der Waals surface area (Å²) in [5.74, 6) is 0.613. The summed E-state index contributed by atoms with van der Waals surface area (Å²) in [6.07, 6.45) is 0. The van der Waals surface area contributed by atoms with Crippen molar-refractivity contribution in [2.24, 2.45) is 0 Å². The van der Waals surface area contributed by atoms with E-state index in [1.165, 1.54) is 0 Å². The van der Waals surface area contributed by atoms with Crippen LogP contribution in [0, 0.1) is 0 Å². The van der Waals surface area contributed by atoms with Crippen LogP contribution in [-0.2, 0) is 4.79 Å². The van der Waals surface area contributed by atoms with Crippen molar-refractivity contribution in [2.75, 3.05) is 26.0 Å². The Balaban J connectivity index is 2.31. The Kier molecular flexibility index (Phi) is 3.16. The van der Waals surface area contributed by atoms with E-state index in [0.717, 1.165) is 17.0 Å². The molecule has 1 aliphatic heterocycles. The zero-order valence-electron chi connectivity index (χ0n) is 9.16. The van der Waals surface area contributed by atoms with Crippen molar-refractivity contribution >= 4 is 27.5 Å². The Morgan fingerprint density at radius 3 is 2.94 bits per heavy atom. The summed E-state index contributed by atoms with van der Waals surface area (Å²) in [7, 11) is 3.96. The molecule has 0 aromatic heterocycles. The first-order valence-electron chi connectivity index (χ1n) is 4.95. The van der Waals surface area contributed by atoms with Crippen LogP contribution in [0.2, 0.25) is 0 Å². The van der Waals surface area contributed by atoms with Gasteiger partial charge in [0.25, 0.3) is 5.91 Å². The Morgan fingerprint density at radius 1 is 1.50 bits per heavy atom. The van der Waals surface area contributed by atoms with Crippen molar-refractivity contribution in [3.63, 3.8) is 0 Å². The van der Waals surface area contributed by atoms with Gasteiger partial charge in [0.15, 0.2) is 6.61 Å². The number of nitrogens with one attached hydrogen (secondary N) is 1. The van der Waals surface area contributed by atoms with Crippen molar-refractivity contribution in [2.45, 2.75) is 4.95 Å². The first kappa shape index (κ1) is 11.4. The average molecular weight is 285 g/mol. The Labute approximate surface area is 103 Å². The third-order valence-electron chi connectivity index (χ3n) is 2.36. The van der Waals surface area contributed by atoms with Gasteiger partial charge in [-0.05, 0) is 31.8 Å². The number of carbonyl (C=O) groups excluding carboxylic acids is 1. The second-order valence-electron chi connectivity index (χ2n) is 3.89. The smallest absolute Gasteiger partial charge is 0.262 e. The maximum Gasteiger partial charge on any atom is 0.262 e. The number of carbonyl (C=O) groups is 1. The molecule has 0 fully saturated rings. The van der Waals surface area contributed by atoms with Gasteiger partial charge in [0, 0.05) is 0 Å². The van der Waals surface area contributed by atoms with Crippen LogP contribution in [0.3, 0.4) is 0 Å². The van der Waals surface area contributed by atoms with Gasteiger partial charge in [-0.15, -0.1) is 0 Å². The minimum Gasteiger partial charge on any atom is -0.482 e. The number of amides is 1. The summed E-state index contributed by atoms with van der Waals surface area (Å²) in [5.41, 5.74) is 1.81. The molecule has 1 atom stereocenters. The Bertz CT molecular complexity index is 420. The van der Waals surface area contributed by atoms with Gasteiger partial charge in [-0.1, -0.05) is 22.0 Å². The number of alkyl halides is 1. The van der Waals surface area contributed by atoms with Crippen LogP contribution in [-0.4, -0.2) is 31.5 Å². The van der Waals surface area contributed by atoms with Crippen molar-refractivity contribution in [1.82, 2.24) is 4.90 Å². The van der Waals surface area contributed by atoms with E-state index in [0.29, 0.717) is 0 Å². The molecule has 0 radical (unpaired) electrons. The molecule has 16 heavy (non-hydrogen) atoms. The van der Waals surface area contributed by atoms with Gasteiger partial charge in [-0.25, -0.2) is 0 Å². The number of hydrogen-bond acceptors (Lipinski definition) is 3. The van der Waals surface area contributed by atoms with Crippen molar-refractivity contribution in [1.29, 1.82) is 0 Å². The molecule has 2 rings (SSSR count). The number of benzene rings is 1. The summed E-state index contributed by atoms with van der Waals surface area (Å²) in [6.45, 7) is 0.0950. The van der Waals surface area contributed by atoms with E-state index in [1.807, 2.05) is 37.2 Å². The van der Waals surface area contributed by atoms with E-state index in [4.69, 9.17) is 4.74 Å². The highest BCUT2D eigenvalue weighted by molar-refractivity contribution is 9.09. The summed E-state index contributed by atoms with van der Waals surface area (Å²) < 4.78 is 5.29. The average Bonchev–Trinajstić information content (AvgIpc) is 2.26. The zero-order valence-corrected chi connectivity index (χ0v) is 10.7. The summed E-state index contributed by atoms with van der Waals surface area (Å²) in [6, 6.07) is 5.78. The van der Waals surface area contributed by atoms with Gasteiger partial charge >= 0.3 is 0 Å². The fourth-order valence-electron chi connectivity index (χ4n) is 1.55. The van der Waals surface area contributed by atoms with E-state index >= 15 is 0 Å². The van der Waals surface area contributed by atoms with Crippen LogP contribution >= 0.6 is 15.9 Å². The number of anilines is 1.